The van der Waals surface area contributed by atoms with Gasteiger partial charge < -0.3 is 10.1 Å². The van der Waals surface area contributed by atoms with Gasteiger partial charge >= 0.3 is 5.97 Å². The molecule has 1 N–H and O–H groups in total. The quantitative estimate of drug-likeness (QED) is 0.231. The van der Waals surface area contributed by atoms with Gasteiger partial charge in [0.2, 0.25) is 5.91 Å². The van der Waals surface area contributed by atoms with Crippen molar-refractivity contribution in [3.05, 3.63) is 126 Å². The number of rotatable bonds is 8. The zero-order chi connectivity index (χ0) is 27.1. The monoisotopic (exact) mass is 523 g/mol. The molecule has 0 saturated heterocycles. The summed E-state index contributed by atoms with van der Waals surface area (Å²) >= 11 is 0. The Balaban J connectivity index is 1.72. The Morgan fingerprint density at radius 2 is 1.18 bits per heavy atom. The maximum atomic E-state index is 13.9. The van der Waals surface area contributed by atoms with Crippen molar-refractivity contribution in [2.24, 2.45) is 5.41 Å². The lowest BCUT2D eigenvalue weighted by Crippen LogP contribution is -2.44. The fourth-order valence-corrected chi connectivity index (χ4v) is 6.64. The summed E-state index contributed by atoms with van der Waals surface area (Å²) in [5.74, 6) is -0.510. The highest BCUT2D eigenvalue weighted by atomic mass is 31.1. The molecule has 0 bridgehead atoms. The molecule has 4 rings (SSSR count). The maximum absolute atomic E-state index is 13.9. The number of ether oxygens (including phenoxy) is 1. The van der Waals surface area contributed by atoms with Gasteiger partial charge in [0.15, 0.2) is 0 Å². The van der Waals surface area contributed by atoms with E-state index in [1.165, 1.54) is 0 Å². The molecule has 4 aromatic rings. The topological polar surface area (TPSA) is 55.4 Å². The minimum atomic E-state index is -0.994. The van der Waals surface area contributed by atoms with Crippen LogP contribution in [-0.4, -0.2) is 17.9 Å². The van der Waals surface area contributed by atoms with Crippen LogP contribution in [0.3, 0.4) is 0 Å². The van der Waals surface area contributed by atoms with E-state index in [-0.39, 0.29) is 5.91 Å². The second kappa shape index (κ2) is 12.2. The summed E-state index contributed by atoms with van der Waals surface area (Å²) in [4.78, 5) is 26.7. The van der Waals surface area contributed by atoms with Crippen LogP contribution in [0.1, 0.15) is 49.7 Å². The normalized spacial score (nSPS) is 13.0. The van der Waals surface area contributed by atoms with Gasteiger partial charge in [-0.15, -0.1) is 0 Å². The third-order valence-electron chi connectivity index (χ3n) is 6.25. The molecule has 0 heterocycles. The van der Waals surface area contributed by atoms with Crippen LogP contribution in [0, 0.1) is 5.41 Å². The molecule has 4 aromatic carbocycles. The predicted molar refractivity (Wildman–Crippen MR) is 157 cm³/mol. The van der Waals surface area contributed by atoms with E-state index in [0.29, 0.717) is 5.56 Å². The molecule has 4 nitrogen and oxygen atoms in total. The molecule has 1 amide bonds. The number of hydrogen-bond donors (Lipinski definition) is 1. The van der Waals surface area contributed by atoms with E-state index in [0.717, 1.165) is 21.5 Å². The Kier molecular flexibility index (Phi) is 8.76. The van der Waals surface area contributed by atoms with Crippen LogP contribution in [0.5, 0.6) is 0 Å². The smallest absolute Gasteiger partial charge is 0.339 e. The average Bonchev–Trinajstić information content (AvgIpc) is 2.93. The molecular weight excluding hydrogens is 489 g/mol. The molecule has 0 aliphatic rings. The van der Waals surface area contributed by atoms with Gasteiger partial charge in [0.25, 0.3) is 0 Å². The first-order chi connectivity index (χ1) is 18.3. The van der Waals surface area contributed by atoms with Crippen LogP contribution in [-0.2, 0) is 9.53 Å². The highest BCUT2D eigenvalue weighted by Gasteiger charge is 2.31. The molecule has 0 aromatic heterocycles. The van der Waals surface area contributed by atoms with Crippen LogP contribution in [0.15, 0.2) is 115 Å². The number of carbonyl (C=O) groups excluding carboxylic acids is 2. The molecule has 5 heteroatoms. The van der Waals surface area contributed by atoms with Crippen LogP contribution in [0.2, 0.25) is 0 Å². The Morgan fingerprint density at radius 1 is 0.711 bits per heavy atom. The number of esters is 1. The first-order valence-corrected chi connectivity index (χ1v) is 14.2. The van der Waals surface area contributed by atoms with Crippen molar-refractivity contribution in [3.8, 4) is 0 Å². The van der Waals surface area contributed by atoms with E-state index < -0.39 is 31.5 Å². The van der Waals surface area contributed by atoms with Gasteiger partial charge in [-0.05, 0) is 42.4 Å². The standard InChI is InChI=1S/C33H34NO3P/c1-24(34-32(36)33(2,3)4)30(25-16-8-5-9-17-25)37-31(35)28-22-14-15-23-29(28)38(26-18-10-6-11-19-26)27-20-12-7-13-21-27/h5-24,30H,1-4H3,(H,34,36)/t24-,30-/m0/s1. The minimum absolute atomic E-state index is 0.0981. The Bertz CT molecular complexity index is 1310. The molecule has 0 aliphatic heterocycles. The van der Waals surface area contributed by atoms with Gasteiger partial charge in [-0.25, -0.2) is 4.79 Å². The first kappa shape index (κ1) is 27.3. The van der Waals surface area contributed by atoms with Crippen molar-refractivity contribution in [3.63, 3.8) is 0 Å². The fourth-order valence-electron chi connectivity index (χ4n) is 4.20. The van der Waals surface area contributed by atoms with E-state index in [4.69, 9.17) is 4.74 Å². The zero-order valence-electron chi connectivity index (χ0n) is 22.3. The molecular formula is C33H34NO3P. The Morgan fingerprint density at radius 3 is 1.71 bits per heavy atom. The van der Waals surface area contributed by atoms with Crippen LogP contribution < -0.4 is 21.2 Å². The number of amides is 1. The van der Waals surface area contributed by atoms with Gasteiger partial charge in [-0.1, -0.05) is 130 Å². The zero-order valence-corrected chi connectivity index (χ0v) is 23.2. The van der Waals surface area contributed by atoms with Gasteiger partial charge in [0, 0.05) is 5.41 Å². The average molecular weight is 524 g/mol. The van der Waals surface area contributed by atoms with E-state index in [1.54, 1.807) is 0 Å². The molecule has 0 radical (unpaired) electrons. The minimum Gasteiger partial charge on any atom is -0.452 e. The lowest BCUT2D eigenvalue weighted by Gasteiger charge is -2.29. The molecule has 0 aliphatic carbocycles. The van der Waals surface area contributed by atoms with Crippen molar-refractivity contribution < 1.29 is 14.3 Å². The number of hydrogen-bond acceptors (Lipinski definition) is 3. The van der Waals surface area contributed by atoms with Crippen molar-refractivity contribution in [1.29, 1.82) is 0 Å². The summed E-state index contributed by atoms with van der Waals surface area (Å²) in [5.41, 5.74) is 0.794. The maximum Gasteiger partial charge on any atom is 0.339 e. The first-order valence-electron chi connectivity index (χ1n) is 12.8. The molecule has 0 spiro atoms. The predicted octanol–water partition coefficient (Wildman–Crippen LogP) is 5.89. The van der Waals surface area contributed by atoms with E-state index in [2.05, 4.69) is 29.6 Å². The largest absolute Gasteiger partial charge is 0.452 e. The summed E-state index contributed by atoms with van der Waals surface area (Å²) in [6.45, 7) is 7.47. The van der Waals surface area contributed by atoms with E-state index >= 15 is 0 Å². The second-order valence-corrected chi connectivity index (χ2v) is 12.5. The van der Waals surface area contributed by atoms with Crippen molar-refractivity contribution in [2.45, 2.75) is 39.8 Å². The molecule has 194 valence electrons. The van der Waals surface area contributed by atoms with Gasteiger partial charge in [0.05, 0.1) is 11.6 Å². The number of benzene rings is 4. The Hall–Kier alpha value is -3.75. The van der Waals surface area contributed by atoms with Crippen LogP contribution in [0.4, 0.5) is 0 Å². The van der Waals surface area contributed by atoms with Crippen molar-refractivity contribution in [1.82, 2.24) is 5.32 Å². The number of nitrogens with one attached hydrogen (secondary N) is 1. The van der Waals surface area contributed by atoms with Gasteiger partial charge in [0.1, 0.15) is 6.10 Å². The lowest BCUT2D eigenvalue weighted by atomic mass is 9.94. The molecule has 0 unspecified atom stereocenters. The molecule has 2 atom stereocenters. The highest BCUT2D eigenvalue weighted by molar-refractivity contribution is 7.80. The SMILES string of the molecule is C[C@H](NC(=O)C(C)(C)C)[C@H](OC(=O)c1ccccc1P(c1ccccc1)c1ccccc1)c1ccccc1. The molecule has 38 heavy (non-hydrogen) atoms. The van der Waals surface area contributed by atoms with Crippen molar-refractivity contribution in [2.75, 3.05) is 0 Å². The van der Waals surface area contributed by atoms with Crippen LogP contribution >= 0.6 is 7.92 Å². The summed E-state index contributed by atoms with van der Waals surface area (Å²) < 4.78 is 6.22. The third-order valence-corrected chi connectivity index (χ3v) is 8.75. The highest BCUT2D eigenvalue weighted by Crippen LogP contribution is 2.35. The van der Waals surface area contributed by atoms with E-state index in [1.807, 2.05) is 119 Å². The summed E-state index contributed by atoms with van der Waals surface area (Å²) in [6.07, 6.45) is -0.650. The van der Waals surface area contributed by atoms with Crippen LogP contribution in [0.25, 0.3) is 0 Å². The Labute approximate surface area is 226 Å². The summed E-state index contributed by atoms with van der Waals surface area (Å²) in [6, 6.07) is 37.4. The number of carbonyl (C=O) groups is 2. The lowest BCUT2D eigenvalue weighted by molar-refractivity contribution is -0.130. The summed E-state index contributed by atoms with van der Waals surface area (Å²) in [7, 11) is -0.994. The fraction of sp³-hybridized carbons (Fsp3) is 0.212. The van der Waals surface area contributed by atoms with Gasteiger partial charge in [-0.2, -0.15) is 0 Å². The van der Waals surface area contributed by atoms with Crippen molar-refractivity contribution >= 4 is 35.7 Å². The molecule has 0 fully saturated rings. The molecule has 0 saturated carbocycles. The third kappa shape index (κ3) is 6.57. The summed E-state index contributed by atoms with van der Waals surface area (Å²) in [5, 5.41) is 6.29. The second-order valence-electron chi connectivity index (χ2n) is 10.3. The van der Waals surface area contributed by atoms with E-state index in [9.17, 15) is 9.59 Å². The van der Waals surface area contributed by atoms with Gasteiger partial charge in [-0.3, -0.25) is 4.79 Å².